The van der Waals surface area contributed by atoms with Crippen LogP contribution in [0.3, 0.4) is 0 Å². The van der Waals surface area contributed by atoms with Gasteiger partial charge in [-0.1, -0.05) is 0 Å². The van der Waals surface area contributed by atoms with E-state index in [4.69, 9.17) is 4.74 Å². The molecule has 0 saturated carbocycles. The first-order chi connectivity index (χ1) is 9.90. The molecule has 1 aliphatic heterocycles. The second kappa shape index (κ2) is 4.73. The van der Waals surface area contributed by atoms with Gasteiger partial charge in [0, 0.05) is 36.8 Å². The highest BCUT2D eigenvalue weighted by Gasteiger charge is 2.34. The van der Waals surface area contributed by atoms with Gasteiger partial charge in [-0.15, -0.1) is 13.2 Å². The molecule has 5 nitrogen and oxygen atoms in total. The molecule has 0 radical (unpaired) electrons. The minimum atomic E-state index is -4.84. The largest absolute Gasteiger partial charge is 0.573 e. The van der Waals surface area contributed by atoms with E-state index >= 15 is 0 Å². The van der Waals surface area contributed by atoms with Crippen LogP contribution in [0.15, 0.2) is 12.1 Å². The Morgan fingerprint density at radius 1 is 1.33 bits per heavy atom. The number of aromatic hydroxyl groups is 1. The van der Waals surface area contributed by atoms with Crippen molar-refractivity contribution in [1.29, 1.82) is 0 Å². The zero-order valence-corrected chi connectivity index (χ0v) is 11.1. The Morgan fingerprint density at radius 3 is 2.76 bits per heavy atom. The van der Waals surface area contributed by atoms with E-state index in [0.29, 0.717) is 30.7 Å². The fraction of sp³-hybridized carbons (Fsp3) is 0.385. The van der Waals surface area contributed by atoms with Crippen molar-refractivity contribution < 1.29 is 27.8 Å². The maximum absolute atomic E-state index is 12.6. The first-order valence-corrected chi connectivity index (χ1v) is 6.29. The van der Waals surface area contributed by atoms with Crippen LogP contribution in [0.1, 0.15) is 5.69 Å². The highest BCUT2D eigenvalue weighted by Crippen LogP contribution is 2.43. The molecule has 1 aromatic heterocycles. The number of halogens is 3. The molecule has 3 rings (SSSR count). The molecule has 0 unspecified atom stereocenters. The second-order valence-electron chi connectivity index (χ2n) is 4.69. The molecule has 1 aliphatic rings. The smallest absolute Gasteiger partial charge is 0.497 e. The number of fused-ring (bicyclic) bond motifs is 3. The van der Waals surface area contributed by atoms with E-state index < -0.39 is 12.1 Å². The number of nitrogens with zero attached hydrogens (tertiary/aromatic N) is 1. The molecular weight excluding hydrogens is 289 g/mol. The van der Waals surface area contributed by atoms with Crippen molar-refractivity contribution >= 4 is 10.8 Å². The third-order valence-electron chi connectivity index (χ3n) is 3.46. The van der Waals surface area contributed by atoms with E-state index in [2.05, 4.69) is 10.1 Å². The van der Waals surface area contributed by atoms with E-state index in [-0.39, 0.29) is 17.0 Å². The molecule has 2 N–H and O–H groups in total. The summed E-state index contributed by atoms with van der Waals surface area (Å²) in [5.74, 6) is -0.444. The summed E-state index contributed by atoms with van der Waals surface area (Å²) < 4.78 is 48.3. The number of benzene rings is 1. The summed E-state index contributed by atoms with van der Waals surface area (Å²) in [7, 11) is 1.36. The van der Waals surface area contributed by atoms with Crippen LogP contribution < -0.4 is 14.8 Å². The Bertz CT molecular complexity index is 694. The third kappa shape index (κ3) is 2.35. The van der Waals surface area contributed by atoms with Crippen molar-refractivity contribution in [3.8, 4) is 17.4 Å². The Kier molecular flexibility index (Phi) is 3.12. The zero-order valence-electron chi connectivity index (χ0n) is 11.1. The fourth-order valence-electron chi connectivity index (χ4n) is 2.61. The van der Waals surface area contributed by atoms with Crippen LogP contribution in [0.5, 0.6) is 17.4 Å². The summed E-state index contributed by atoms with van der Waals surface area (Å²) in [4.78, 5) is 0. The lowest BCUT2D eigenvalue weighted by atomic mass is 10.1. The Balaban J connectivity index is 2.28. The van der Waals surface area contributed by atoms with E-state index in [9.17, 15) is 18.3 Å². The number of hydrogen-bond acceptors (Lipinski definition) is 4. The molecule has 2 heterocycles. The lowest BCUT2D eigenvalue weighted by molar-refractivity contribution is -0.274. The van der Waals surface area contributed by atoms with E-state index in [0.717, 1.165) is 6.07 Å². The number of alkyl halides is 3. The number of ether oxygens (including phenoxy) is 2. The molecule has 0 amide bonds. The Morgan fingerprint density at radius 2 is 2.10 bits per heavy atom. The maximum atomic E-state index is 12.6. The molecule has 0 fully saturated rings. The molecular formula is C13H13F3N2O3. The number of aromatic nitrogens is 1. The topological polar surface area (TPSA) is 55.6 Å². The normalized spacial score (nSPS) is 15.0. The van der Waals surface area contributed by atoms with E-state index in [1.54, 1.807) is 10.6 Å². The Hall–Kier alpha value is -2.09. The molecule has 0 aliphatic carbocycles. The average Bonchev–Trinajstić information content (AvgIpc) is 2.71. The Labute approximate surface area is 117 Å². The second-order valence-corrected chi connectivity index (χ2v) is 4.69. The van der Waals surface area contributed by atoms with Gasteiger partial charge in [0.15, 0.2) is 0 Å². The number of rotatable bonds is 2. The first-order valence-electron chi connectivity index (χ1n) is 6.29. The monoisotopic (exact) mass is 302 g/mol. The molecule has 0 atom stereocenters. The quantitative estimate of drug-likeness (QED) is 0.894. The van der Waals surface area contributed by atoms with Crippen LogP contribution in [0.4, 0.5) is 13.2 Å². The van der Waals surface area contributed by atoms with Gasteiger partial charge in [0.1, 0.15) is 11.5 Å². The molecule has 21 heavy (non-hydrogen) atoms. The van der Waals surface area contributed by atoms with Crippen molar-refractivity contribution in [2.24, 2.45) is 0 Å². The summed E-state index contributed by atoms with van der Waals surface area (Å²) in [6.07, 6.45) is -4.84. The maximum Gasteiger partial charge on any atom is 0.573 e. The van der Waals surface area contributed by atoms with E-state index in [1.165, 1.54) is 7.11 Å². The van der Waals surface area contributed by atoms with Crippen LogP contribution in [0.25, 0.3) is 10.8 Å². The number of hydrogen-bond donors (Lipinski definition) is 2. The summed E-state index contributed by atoms with van der Waals surface area (Å²) in [5.41, 5.74) is 0.708. The van der Waals surface area contributed by atoms with Gasteiger partial charge in [0.25, 0.3) is 0 Å². The molecule has 1 aromatic carbocycles. The van der Waals surface area contributed by atoms with Gasteiger partial charge in [-0.3, -0.25) is 0 Å². The van der Waals surface area contributed by atoms with Crippen molar-refractivity contribution in [2.45, 2.75) is 19.5 Å². The van der Waals surface area contributed by atoms with Gasteiger partial charge in [-0.2, -0.15) is 0 Å². The zero-order chi connectivity index (χ0) is 15.2. The van der Waals surface area contributed by atoms with Crippen molar-refractivity contribution in [2.75, 3.05) is 13.7 Å². The van der Waals surface area contributed by atoms with Crippen LogP contribution in [-0.2, 0) is 13.1 Å². The van der Waals surface area contributed by atoms with Crippen LogP contribution in [0.2, 0.25) is 0 Å². The molecule has 0 spiro atoms. The number of methoxy groups -OCH3 is 1. The van der Waals surface area contributed by atoms with Gasteiger partial charge >= 0.3 is 6.36 Å². The number of nitrogens with one attached hydrogen (secondary N) is 1. The predicted octanol–water partition coefficient (Wildman–Crippen LogP) is 2.36. The van der Waals surface area contributed by atoms with Gasteiger partial charge in [0.2, 0.25) is 5.88 Å². The highest BCUT2D eigenvalue weighted by atomic mass is 19.4. The SMILES string of the molecule is COc1cc(OC(F)(F)F)c2c(O)n3c(c2c1)CNCC3. The molecule has 8 heteroatoms. The third-order valence-corrected chi connectivity index (χ3v) is 3.46. The van der Waals surface area contributed by atoms with Crippen LogP contribution in [0, 0.1) is 0 Å². The summed E-state index contributed by atoms with van der Waals surface area (Å²) >= 11 is 0. The minimum absolute atomic E-state index is 0.0480. The van der Waals surface area contributed by atoms with Gasteiger partial charge in [-0.05, 0) is 6.07 Å². The van der Waals surface area contributed by atoms with Gasteiger partial charge < -0.3 is 24.5 Å². The minimum Gasteiger partial charge on any atom is -0.497 e. The van der Waals surface area contributed by atoms with Crippen molar-refractivity contribution in [3.05, 3.63) is 17.8 Å². The van der Waals surface area contributed by atoms with E-state index in [1.807, 2.05) is 0 Å². The lowest BCUT2D eigenvalue weighted by Gasteiger charge is -2.17. The van der Waals surface area contributed by atoms with Gasteiger partial charge in [0.05, 0.1) is 12.5 Å². The lowest BCUT2D eigenvalue weighted by Crippen LogP contribution is -2.27. The summed E-state index contributed by atoms with van der Waals surface area (Å²) in [5, 5.41) is 13.9. The van der Waals surface area contributed by atoms with Crippen LogP contribution in [-0.4, -0.2) is 29.7 Å². The first kappa shape index (κ1) is 13.9. The van der Waals surface area contributed by atoms with Crippen LogP contribution >= 0.6 is 0 Å². The summed E-state index contributed by atoms with van der Waals surface area (Å²) in [6, 6.07) is 2.71. The molecule has 0 saturated heterocycles. The molecule has 114 valence electrons. The van der Waals surface area contributed by atoms with Gasteiger partial charge in [-0.25, -0.2) is 0 Å². The predicted molar refractivity (Wildman–Crippen MR) is 68.5 cm³/mol. The molecule has 0 bridgehead atoms. The fourth-order valence-corrected chi connectivity index (χ4v) is 2.61. The molecule has 2 aromatic rings. The standard InChI is InChI=1S/C13H13F3N2O3/c1-20-7-4-8-9-6-17-2-3-18(9)12(19)11(8)10(5-7)21-13(14,15)16/h4-5,17,19H,2-3,6H2,1H3. The summed E-state index contributed by atoms with van der Waals surface area (Å²) in [6.45, 7) is 1.56. The highest BCUT2D eigenvalue weighted by molar-refractivity contribution is 5.97. The van der Waals surface area contributed by atoms with Crippen molar-refractivity contribution in [1.82, 2.24) is 9.88 Å². The van der Waals surface area contributed by atoms with Crippen molar-refractivity contribution in [3.63, 3.8) is 0 Å². The average molecular weight is 302 g/mol.